The molecule has 3 N–H and O–H groups in total. The fourth-order valence-electron chi connectivity index (χ4n) is 2.41. The molecule has 0 aromatic heterocycles. The molecule has 1 aliphatic heterocycles. The topological polar surface area (TPSA) is 105 Å². The van der Waals surface area contributed by atoms with Crippen LogP contribution in [0.3, 0.4) is 0 Å². The Kier molecular flexibility index (Phi) is 5.86. The molecule has 1 aliphatic rings. The standard InChI is InChI=1S/C16H17F3N2O5/c1-8-2-3-9(13(22)20-7-16(17,18)19)6-10(8)21-14(23)11-4-5-12(26-11)15(24)25/h2-3,6,11-12H,4-5,7H2,1H3,(H,20,22)(H,21,23)(H,24,25)/t11-,12+/m0/s1. The van der Waals surface area contributed by atoms with Crippen molar-refractivity contribution < 1.29 is 37.4 Å². The molecule has 1 fully saturated rings. The number of hydrogen-bond acceptors (Lipinski definition) is 4. The van der Waals surface area contributed by atoms with Gasteiger partial charge in [0.05, 0.1) is 0 Å². The van der Waals surface area contributed by atoms with Gasteiger partial charge in [-0.1, -0.05) is 6.07 Å². The van der Waals surface area contributed by atoms with E-state index >= 15 is 0 Å². The van der Waals surface area contributed by atoms with Crippen LogP contribution in [0.4, 0.5) is 18.9 Å². The molecule has 1 aromatic rings. The van der Waals surface area contributed by atoms with Crippen molar-refractivity contribution in [3.05, 3.63) is 29.3 Å². The fourth-order valence-corrected chi connectivity index (χ4v) is 2.41. The molecule has 0 aliphatic carbocycles. The Labute approximate surface area is 146 Å². The van der Waals surface area contributed by atoms with Gasteiger partial charge in [0.15, 0.2) is 6.10 Å². The van der Waals surface area contributed by atoms with E-state index in [2.05, 4.69) is 5.32 Å². The number of carbonyl (C=O) groups excluding carboxylic acids is 2. The molecule has 142 valence electrons. The zero-order valence-electron chi connectivity index (χ0n) is 13.7. The van der Waals surface area contributed by atoms with E-state index in [0.29, 0.717) is 5.56 Å². The third-order valence-corrected chi connectivity index (χ3v) is 3.79. The lowest BCUT2D eigenvalue weighted by atomic mass is 10.1. The highest BCUT2D eigenvalue weighted by Crippen LogP contribution is 2.23. The van der Waals surface area contributed by atoms with Gasteiger partial charge in [0, 0.05) is 11.3 Å². The number of anilines is 1. The molecule has 0 unspecified atom stereocenters. The molecule has 26 heavy (non-hydrogen) atoms. The number of carboxylic acid groups (broad SMARTS) is 1. The molecule has 2 rings (SSSR count). The van der Waals surface area contributed by atoms with E-state index in [9.17, 15) is 27.6 Å². The van der Waals surface area contributed by atoms with Crippen LogP contribution in [0.15, 0.2) is 18.2 Å². The molecule has 1 aromatic carbocycles. The van der Waals surface area contributed by atoms with Crippen LogP contribution in [-0.2, 0) is 14.3 Å². The number of aliphatic carboxylic acids is 1. The molecule has 2 atom stereocenters. The summed E-state index contributed by atoms with van der Waals surface area (Å²) in [6, 6.07) is 4.07. The summed E-state index contributed by atoms with van der Waals surface area (Å²) in [5.41, 5.74) is 0.765. The van der Waals surface area contributed by atoms with Gasteiger partial charge >= 0.3 is 12.1 Å². The van der Waals surface area contributed by atoms with E-state index < -0.39 is 42.7 Å². The van der Waals surface area contributed by atoms with E-state index in [1.54, 1.807) is 12.2 Å². The van der Waals surface area contributed by atoms with Gasteiger partial charge in [-0.05, 0) is 37.5 Å². The molecule has 1 saturated heterocycles. The number of hydrogen-bond donors (Lipinski definition) is 3. The zero-order valence-corrected chi connectivity index (χ0v) is 13.7. The third-order valence-electron chi connectivity index (χ3n) is 3.79. The van der Waals surface area contributed by atoms with Gasteiger partial charge in [0.25, 0.3) is 11.8 Å². The van der Waals surface area contributed by atoms with Crippen LogP contribution < -0.4 is 10.6 Å². The van der Waals surface area contributed by atoms with Gasteiger partial charge < -0.3 is 20.5 Å². The van der Waals surface area contributed by atoms with E-state index in [1.807, 2.05) is 0 Å². The number of amides is 2. The van der Waals surface area contributed by atoms with Crippen LogP contribution in [0.2, 0.25) is 0 Å². The summed E-state index contributed by atoms with van der Waals surface area (Å²) >= 11 is 0. The minimum absolute atomic E-state index is 0.0501. The van der Waals surface area contributed by atoms with Crippen LogP contribution in [0.25, 0.3) is 0 Å². The second-order valence-corrected chi connectivity index (χ2v) is 5.85. The maximum Gasteiger partial charge on any atom is 0.405 e. The predicted octanol–water partition coefficient (Wildman–Crippen LogP) is 1.86. The summed E-state index contributed by atoms with van der Waals surface area (Å²) in [6.45, 7) is 0.177. The van der Waals surface area contributed by atoms with Gasteiger partial charge in [-0.3, -0.25) is 9.59 Å². The lowest BCUT2D eigenvalue weighted by molar-refractivity contribution is -0.150. The first-order valence-corrected chi connectivity index (χ1v) is 7.71. The highest BCUT2D eigenvalue weighted by Gasteiger charge is 2.35. The van der Waals surface area contributed by atoms with Gasteiger partial charge in [0.1, 0.15) is 12.6 Å². The Morgan fingerprint density at radius 3 is 2.46 bits per heavy atom. The summed E-state index contributed by atoms with van der Waals surface area (Å²) in [6.07, 6.45) is -6.10. The van der Waals surface area contributed by atoms with Gasteiger partial charge in [0.2, 0.25) is 0 Å². The first kappa shape index (κ1) is 19.7. The van der Waals surface area contributed by atoms with Crippen LogP contribution in [-0.4, -0.2) is 47.8 Å². The number of rotatable bonds is 5. The second-order valence-electron chi connectivity index (χ2n) is 5.85. The quantitative estimate of drug-likeness (QED) is 0.730. The average molecular weight is 374 g/mol. The van der Waals surface area contributed by atoms with Gasteiger partial charge in [-0.15, -0.1) is 0 Å². The number of ether oxygens (including phenoxy) is 1. The van der Waals surface area contributed by atoms with Crippen molar-refractivity contribution in [1.82, 2.24) is 5.32 Å². The summed E-state index contributed by atoms with van der Waals surface area (Å²) in [4.78, 5) is 34.8. The molecule has 2 amide bonds. The highest BCUT2D eigenvalue weighted by atomic mass is 19.4. The maximum atomic E-state index is 12.2. The molecular weight excluding hydrogens is 357 g/mol. The summed E-state index contributed by atoms with van der Waals surface area (Å²) in [7, 11) is 0. The van der Waals surface area contributed by atoms with Crippen molar-refractivity contribution in [3.63, 3.8) is 0 Å². The van der Waals surface area contributed by atoms with E-state index in [1.165, 1.54) is 18.2 Å². The number of alkyl halides is 3. The minimum Gasteiger partial charge on any atom is -0.479 e. The number of aryl methyl sites for hydroxylation is 1. The number of carboxylic acids is 1. The largest absolute Gasteiger partial charge is 0.479 e. The van der Waals surface area contributed by atoms with E-state index in [4.69, 9.17) is 9.84 Å². The third kappa shape index (κ3) is 5.19. The van der Waals surface area contributed by atoms with Crippen molar-refractivity contribution in [2.75, 3.05) is 11.9 Å². The molecule has 10 heteroatoms. The van der Waals surface area contributed by atoms with E-state index in [-0.39, 0.29) is 24.1 Å². The molecule has 0 spiro atoms. The minimum atomic E-state index is -4.53. The Bertz CT molecular complexity index is 720. The van der Waals surface area contributed by atoms with Crippen molar-refractivity contribution in [1.29, 1.82) is 0 Å². The number of halogens is 3. The fraction of sp³-hybridized carbons (Fsp3) is 0.438. The van der Waals surface area contributed by atoms with Crippen molar-refractivity contribution in [3.8, 4) is 0 Å². The molecule has 1 heterocycles. The van der Waals surface area contributed by atoms with Crippen molar-refractivity contribution >= 4 is 23.5 Å². The predicted molar refractivity (Wildman–Crippen MR) is 83.7 cm³/mol. The summed E-state index contributed by atoms with van der Waals surface area (Å²) in [5.74, 6) is -2.66. The number of nitrogens with one attached hydrogen (secondary N) is 2. The number of benzene rings is 1. The molecule has 7 nitrogen and oxygen atoms in total. The van der Waals surface area contributed by atoms with Crippen LogP contribution in [0.1, 0.15) is 28.8 Å². The SMILES string of the molecule is Cc1ccc(C(=O)NCC(F)(F)F)cc1NC(=O)[C@@H]1CC[C@H](C(=O)O)O1. The Morgan fingerprint density at radius 2 is 1.88 bits per heavy atom. The first-order chi connectivity index (χ1) is 12.1. The van der Waals surface area contributed by atoms with Crippen LogP contribution in [0.5, 0.6) is 0 Å². The van der Waals surface area contributed by atoms with Crippen molar-refractivity contribution in [2.24, 2.45) is 0 Å². The van der Waals surface area contributed by atoms with Gasteiger partial charge in [-0.2, -0.15) is 13.2 Å². The lowest BCUT2D eigenvalue weighted by Crippen LogP contribution is -2.34. The summed E-state index contributed by atoms with van der Waals surface area (Å²) < 4.78 is 41.7. The number of carbonyl (C=O) groups is 3. The molecule has 0 saturated carbocycles. The normalized spacial score (nSPS) is 19.8. The second kappa shape index (κ2) is 7.73. The maximum absolute atomic E-state index is 12.2. The first-order valence-electron chi connectivity index (χ1n) is 7.71. The Hall–Kier alpha value is -2.62. The zero-order chi connectivity index (χ0) is 19.5. The smallest absolute Gasteiger partial charge is 0.405 e. The summed E-state index contributed by atoms with van der Waals surface area (Å²) in [5, 5.41) is 13.1. The Morgan fingerprint density at radius 1 is 1.23 bits per heavy atom. The highest BCUT2D eigenvalue weighted by molar-refractivity contribution is 5.99. The monoisotopic (exact) mass is 374 g/mol. The van der Waals surface area contributed by atoms with Crippen LogP contribution in [0, 0.1) is 6.92 Å². The van der Waals surface area contributed by atoms with Crippen LogP contribution >= 0.6 is 0 Å². The average Bonchev–Trinajstić information content (AvgIpc) is 3.04. The molecule has 0 radical (unpaired) electrons. The molecular formula is C16H17F3N2O5. The van der Waals surface area contributed by atoms with Gasteiger partial charge in [-0.25, -0.2) is 4.79 Å². The molecule has 0 bridgehead atoms. The van der Waals surface area contributed by atoms with Crippen molar-refractivity contribution in [2.45, 2.75) is 38.1 Å². The Balaban J connectivity index is 2.04. The lowest BCUT2D eigenvalue weighted by Gasteiger charge is -2.15. The van der Waals surface area contributed by atoms with E-state index in [0.717, 1.165) is 0 Å².